The van der Waals surface area contributed by atoms with Gasteiger partial charge in [-0.25, -0.2) is 10.3 Å². The smallest absolute Gasteiger partial charge is 0.475 e. The zero-order valence-corrected chi connectivity index (χ0v) is 13.9. The number of benzene rings is 1. The summed E-state index contributed by atoms with van der Waals surface area (Å²) in [6.45, 7) is 0.639. The molecule has 0 unspecified atom stereocenters. The van der Waals surface area contributed by atoms with Crippen molar-refractivity contribution in [3.05, 3.63) is 35.9 Å². The van der Waals surface area contributed by atoms with Gasteiger partial charge in [-0.15, -0.1) is 0 Å². The zero-order chi connectivity index (χ0) is 20.0. The van der Waals surface area contributed by atoms with Gasteiger partial charge in [-0.1, -0.05) is 31.0 Å². The molecule has 0 spiro atoms. The maximum absolute atomic E-state index is 11.7. The summed E-state index contributed by atoms with van der Waals surface area (Å²) in [5, 5.41) is 18.3. The van der Waals surface area contributed by atoms with Crippen LogP contribution < -0.4 is 10.8 Å². The first kappa shape index (κ1) is 23.4. The summed E-state index contributed by atoms with van der Waals surface area (Å²) < 4.78 is 31.7. The summed E-state index contributed by atoms with van der Waals surface area (Å²) in [5.41, 5.74) is 2.27. The highest BCUT2D eigenvalue weighted by Crippen LogP contribution is 2.13. The van der Waals surface area contributed by atoms with E-state index in [2.05, 4.69) is 5.32 Å². The third-order valence-electron chi connectivity index (χ3n) is 3.02. The monoisotopic (exact) mass is 378 g/mol. The van der Waals surface area contributed by atoms with Crippen molar-refractivity contribution in [3.8, 4) is 0 Å². The molecule has 4 N–H and O–H groups in total. The molecule has 0 aliphatic carbocycles. The summed E-state index contributed by atoms with van der Waals surface area (Å²) >= 11 is 0. The zero-order valence-electron chi connectivity index (χ0n) is 13.9. The lowest BCUT2D eigenvalue weighted by Crippen LogP contribution is -2.24. The summed E-state index contributed by atoms with van der Waals surface area (Å²) in [7, 11) is 0. The number of hydrogen-bond donors (Lipinski definition) is 4. The first-order chi connectivity index (χ1) is 12.2. The molecule has 0 fully saturated rings. The molecule has 146 valence electrons. The van der Waals surface area contributed by atoms with Gasteiger partial charge in [0.1, 0.15) is 0 Å². The van der Waals surface area contributed by atoms with Crippen molar-refractivity contribution in [1.29, 1.82) is 0 Å². The van der Waals surface area contributed by atoms with E-state index in [-0.39, 0.29) is 11.8 Å². The number of aliphatic carboxylic acids is 1. The van der Waals surface area contributed by atoms with E-state index in [4.69, 9.17) is 15.1 Å². The van der Waals surface area contributed by atoms with E-state index in [1.807, 2.05) is 18.2 Å². The number of carboxylic acids is 1. The maximum Gasteiger partial charge on any atom is 0.490 e. The van der Waals surface area contributed by atoms with Crippen LogP contribution in [0.2, 0.25) is 0 Å². The van der Waals surface area contributed by atoms with Crippen LogP contribution in [0.15, 0.2) is 30.3 Å². The van der Waals surface area contributed by atoms with E-state index in [9.17, 15) is 22.8 Å². The van der Waals surface area contributed by atoms with Crippen molar-refractivity contribution in [2.45, 2.75) is 38.3 Å². The molecule has 0 saturated heterocycles. The molecular weight excluding hydrogens is 357 g/mol. The second-order valence-corrected chi connectivity index (χ2v) is 5.12. The van der Waals surface area contributed by atoms with Gasteiger partial charge in [0, 0.05) is 18.5 Å². The largest absolute Gasteiger partial charge is 0.490 e. The number of amides is 2. The SMILES string of the molecule is O=C(CCCCCCNC(=O)c1ccccc1)NO.O=C(O)C(F)(F)F. The number of carbonyl (C=O) groups excluding carboxylic acids is 2. The predicted molar refractivity (Wildman–Crippen MR) is 85.5 cm³/mol. The molecule has 0 atom stereocenters. The number of halogens is 3. The molecule has 1 aromatic rings. The first-order valence-electron chi connectivity index (χ1n) is 7.74. The first-order valence-corrected chi connectivity index (χ1v) is 7.74. The van der Waals surface area contributed by atoms with Crippen LogP contribution in [-0.4, -0.2) is 40.8 Å². The fourth-order valence-corrected chi connectivity index (χ4v) is 1.71. The van der Waals surface area contributed by atoms with Gasteiger partial charge in [0.2, 0.25) is 5.91 Å². The lowest BCUT2D eigenvalue weighted by Gasteiger charge is -2.05. The summed E-state index contributed by atoms with van der Waals surface area (Å²) in [6.07, 6.45) is -1.24. The van der Waals surface area contributed by atoms with Crippen LogP contribution in [0, 0.1) is 0 Å². The Kier molecular flexibility index (Phi) is 11.4. The molecule has 1 aromatic carbocycles. The Morgan fingerprint density at radius 2 is 1.50 bits per heavy atom. The molecule has 7 nitrogen and oxygen atoms in total. The molecule has 0 radical (unpaired) electrons. The van der Waals surface area contributed by atoms with Crippen LogP contribution in [0.1, 0.15) is 42.5 Å². The number of hydrogen-bond acceptors (Lipinski definition) is 4. The number of nitrogens with one attached hydrogen (secondary N) is 2. The molecule has 0 aliphatic rings. The standard InChI is InChI=1S/C14H20N2O3.C2HF3O2/c17-13(16-19)10-6-1-2-7-11-15-14(18)12-8-4-3-5-9-12;3-2(4,5)1(6)7/h3-5,8-9,19H,1-2,6-7,10-11H2,(H,15,18)(H,16,17);(H,6,7). The highest BCUT2D eigenvalue weighted by molar-refractivity contribution is 5.94. The lowest BCUT2D eigenvalue weighted by atomic mass is 10.1. The summed E-state index contributed by atoms with van der Waals surface area (Å²) in [4.78, 5) is 31.3. The molecular formula is C16H21F3N2O5. The molecule has 1 rings (SSSR count). The van der Waals surface area contributed by atoms with E-state index >= 15 is 0 Å². The van der Waals surface area contributed by atoms with Gasteiger partial charge in [0.05, 0.1) is 0 Å². The van der Waals surface area contributed by atoms with E-state index in [0.29, 0.717) is 18.5 Å². The second kappa shape index (κ2) is 12.7. The fourth-order valence-electron chi connectivity index (χ4n) is 1.71. The number of unbranched alkanes of at least 4 members (excludes halogenated alkanes) is 3. The Hall–Kier alpha value is -2.62. The molecule has 0 aromatic heterocycles. The Labute approximate surface area is 148 Å². The number of hydroxylamine groups is 1. The van der Waals surface area contributed by atoms with Crippen molar-refractivity contribution in [2.75, 3.05) is 6.54 Å². The number of carboxylic acid groups (broad SMARTS) is 1. The van der Waals surface area contributed by atoms with Crippen LogP contribution in [0.4, 0.5) is 13.2 Å². The normalized spacial score (nSPS) is 10.3. The van der Waals surface area contributed by atoms with Gasteiger partial charge in [-0.3, -0.25) is 14.8 Å². The molecule has 0 saturated carbocycles. The Morgan fingerprint density at radius 3 is 2.00 bits per heavy atom. The van der Waals surface area contributed by atoms with Gasteiger partial charge in [0.25, 0.3) is 5.91 Å². The van der Waals surface area contributed by atoms with Crippen molar-refractivity contribution >= 4 is 17.8 Å². The van der Waals surface area contributed by atoms with E-state index in [0.717, 1.165) is 25.7 Å². The van der Waals surface area contributed by atoms with Gasteiger partial charge >= 0.3 is 12.1 Å². The third kappa shape index (κ3) is 11.8. The van der Waals surface area contributed by atoms with E-state index < -0.39 is 12.1 Å². The molecule has 0 heterocycles. The maximum atomic E-state index is 11.7. The topological polar surface area (TPSA) is 116 Å². The minimum atomic E-state index is -5.08. The lowest BCUT2D eigenvalue weighted by molar-refractivity contribution is -0.192. The van der Waals surface area contributed by atoms with Crippen molar-refractivity contribution in [1.82, 2.24) is 10.8 Å². The van der Waals surface area contributed by atoms with Crippen LogP contribution in [0.3, 0.4) is 0 Å². The molecule has 2 amide bonds. The van der Waals surface area contributed by atoms with Gasteiger partial charge in [-0.05, 0) is 25.0 Å². The number of carbonyl (C=O) groups is 3. The minimum absolute atomic E-state index is 0.0553. The highest BCUT2D eigenvalue weighted by atomic mass is 19.4. The van der Waals surface area contributed by atoms with E-state index in [1.54, 1.807) is 17.6 Å². The molecule has 0 bridgehead atoms. The summed E-state index contributed by atoms with van der Waals surface area (Å²) in [6, 6.07) is 9.10. The average Bonchev–Trinajstić information content (AvgIpc) is 2.60. The molecule has 26 heavy (non-hydrogen) atoms. The van der Waals surface area contributed by atoms with Crippen molar-refractivity contribution in [2.24, 2.45) is 0 Å². The highest BCUT2D eigenvalue weighted by Gasteiger charge is 2.38. The Morgan fingerprint density at radius 1 is 0.962 bits per heavy atom. The number of rotatable bonds is 8. The Bertz CT molecular complexity index is 565. The average molecular weight is 378 g/mol. The predicted octanol–water partition coefficient (Wildman–Crippen LogP) is 2.51. The fraction of sp³-hybridized carbons (Fsp3) is 0.438. The van der Waals surface area contributed by atoms with Crippen LogP contribution in [0.5, 0.6) is 0 Å². The van der Waals surface area contributed by atoms with Crippen molar-refractivity contribution < 1.29 is 37.9 Å². The van der Waals surface area contributed by atoms with Crippen molar-refractivity contribution in [3.63, 3.8) is 0 Å². The Balaban J connectivity index is 0.000000758. The third-order valence-corrected chi connectivity index (χ3v) is 3.02. The van der Waals surface area contributed by atoms with Crippen LogP contribution >= 0.6 is 0 Å². The van der Waals surface area contributed by atoms with Crippen LogP contribution in [0.25, 0.3) is 0 Å². The van der Waals surface area contributed by atoms with Gasteiger partial charge in [-0.2, -0.15) is 13.2 Å². The molecule has 10 heteroatoms. The van der Waals surface area contributed by atoms with E-state index in [1.165, 1.54) is 0 Å². The molecule has 0 aliphatic heterocycles. The van der Waals surface area contributed by atoms with Gasteiger partial charge in [0.15, 0.2) is 0 Å². The summed E-state index contributed by atoms with van der Waals surface area (Å²) in [5.74, 6) is -3.16. The quantitative estimate of drug-likeness (QED) is 0.315. The minimum Gasteiger partial charge on any atom is -0.475 e. The van der Waals surface area contributed by atoms with Crippen LogP contribution in [-0.2, 0) is 9.59 Å². The van der Waals surface area contributed by atoms with Gasteiger partial charge < -0.3 is 10.4 Å². The number of alkyl halides is 3. The second-order valence-electron chi connectivity index (χ2n) is 5.12.